The van der Waals surface area contributed by atoms with Crippen LogP contribution in [0.2, 0.25) is 0 Å². The second kappa shape index (κ2) is 4.23. The standard InChI is InChI=1S/C15H20FNO/c1-10-3-2-6-15(8-10)9-13(17)12-7-11(16)4-5-14(12)18-15/h4-5,7,10,13H,2-3,6,8-9,17H2,1H3/t10?,13-,15?/m0/s1. The number of ether oxygens (including phenoxy) is 1. The molecule has 2 nitrogen and oxygen atoms in total. The van der Waals surface area contributed by atoms with Crippen LogP contribution >= 0.6 is 0 Å². The van der Waals surface area contributed by atoms with Gasteiger partial charge >= 0.3 is 0 Å². The zero-order chi connectivity index (χ0) is 12.8. The molecular formula is C15H20FNO. The molecule has 18 heavy (non-hydrogen) atoms. The fourth-order valence-electron chi connectivity index (χ4n) is 3.58. The highest BCUT2D eigenvalue weighted by Gasteiger charge is 2.42. The van der Waals surface area contributed by atoms with Crippen molar-refractivity contribution in [1.29, 1.82) is 0 Å². The number of hydrogen-bond donors (Lipinski definition) is 1. The maximum atomic E-state index is 13.3. The van der Waals surface area contributed by atoms with Gasteiger partial charge in [0.05, 0.1) is 0 Å². The van der Waals surface area contributed by atoms with Crippen molar-refractivity contribution < 1.29 is 9.13 Å². The largest absolute Gasteiger partial charge is 0.487 e. The van der Waals surface area contributed by atoms with Crippen LogP contribution in [0.3, 0.4) is 0 Å². The van der Waals surface area contributed by atoms with Crippen molar-refractivity contribution in [2.24, 2.45) is 11.7 Å². The van der Waals surface area contributed by atoms with Gasteiger partial charge in [-0.25, -0.2) is 4.39 Å². The fourth-order valence-corrected chi connectivity index (χ4v) is 3.58. The fraction of sp³-hybridized carbons (Fsp3) is 0.600. The van der Waals surface area contributed by atoms with E-state index in [1.807, 2.05) is 0 Å². The molecule has 1 aromatic rings. The van der Waals surface area contributed by atoms with Crippen LogP contribution in [0.25, 0.3) is 0 Å². The van der Waals surface area contributed by atoms with Gasteiger partial charge in [0.1, 0.15) is 17.2 Å². The zero-order valence-corrected chi connectivity index (χ0v) is 10.8. The summed E-state index contributed by atoms with van der Waals surface area (Å²) in [6.45, 7) is 2.27. The molecule has 0 bridgehead atoms. The van der Waals surface area contributed by atoms with Crippen LogP contribution in [0, 0.1) is 11.7 Å². The monoisotopic (exact) mass is 249 g/mol. The van der Waals surface area contributed by atoms with Crippen molar-refractivity contribution in [1.82, 2.24) is 0 Å². The lowest BCUT2D eigenvalue weighted by Crippen LogP contribution is -2.46. The predicted molar refractivity (Wildman–Crippen MR) is 68.9 cm³/mol. The molecule has 1 saturated carbocycles. The molecule has 0 aromatic heterocycles. The second-order valence-electron chi connectivity index (χ2n) is 5.98. The maximum Gasteiger partial charge on any atom is 0.125 e. The highest BCUT2D eigenvalue weighted by atomic mass is 19.1. The van der Waals surface area contributed by atoms with E-state index >= 15 is 0 Å². The number of rotatable bonds is 0. The van der Waals surface area contributed by atoms with E-state index < -0.39 is 0 Å². The van der Waals surface area contributed by atoms with Crippen molar-refractivity contribution in [2.75, 3.05) is 0 Å². The Morgan fingerprint density at radius 3 is 3.00 bits per heavy atom. The average Bonchev–Trinajstić information content (AvgIpc) is 2.30. The quantitative estimate of drug-likeness (QED) is 0.763. The summed E-state index contributed by atoms with van der Waals surface area (Å²) in [7, 11) is 0. The molecule has 1 aromatic carbocycles. The summed E-state index contributed by atoms with van der Waals surface area (Å²) in [4.78, 5) is 0. The molecule has 2 N–H and O–H groups in total. The van der Waals surface area contributed by atoms with Gasteiger partial charge in [0.25, 0.3) is 0 Å². The number of hydrogen-bond acceptors (Lipinski definition) is 2. The van der Waals surface area contributed by atoms with E-state index in [2.05, 4.69) is 6.92 Å². The Balaban J connectivity index is 1.93. The van der Waals surface area contributed by atoms with E-state index in [9.17, 15) is 4.39 Å². The predicted octanol–water partition coefficient (Wildman–Crippen LogP) is 3.56. The minimum Gasteiger partial charge on any atom is -0.487 e. The van der Waals surface area contributed by atoms with Crippen LogP contribution in [0.15, 0.2) is 18.2 Å². The van der Waals surface area contributed by atoms with Crippen molar-refractivity contribution in [3.63, 3.8) is 0 Å². The minimum absolute atomic E-state index is 0.102. The molecule has 98 valence electrons. The van der Waals surface area contributed by atoms with Gasteiger partial charge in [-0.05, 0) is 43.4 Å². The van der Waals surface area contributed by atoms with Crippen molar-refractivity contribution in [3.8, 4) is 5.75 Å². The van der Waals surface area contributed by atoms with Gasteiger partial charge in [-0.2, -0.15) is 0 Å². The minimum atomic E-state index is -0.235. The molecule has 3 heteroatoms. The van der Waals surface area contributed by atoms with E-state index in [1.54, 1.807) is 6.07 Å². The molecule has 1 spiro atoms. The summed E-state index contributed by atoms with van der Waals surface area (Å²) in [6.07, 6.45) is 5.42. The number of nitrogens with two attached hydrogens (primary N) is 1. The molecule has 0 saturated heterocycles. The first-order valence-corrected chi connectivity index (χ1v) is 6.82. The lowest BCUT2D eigenvalue weighted by atomic mass is 9.73. The van der Waals surface area contributed by atoms with Crippen LogP contribution in [-0.4, -0.2) is 5.60 Å². The van der Waals surface area contributed by atoms with Crippen LogP contribution in [0.5, 0.6) is 5.75 Å². The number of halogens is 1. The first-order valence-electron chi connectivity index (χ1n) is 6.82. The van der Waals surface area contributed by atoms with Gasteiger partial charge in [-0.1, -0.05) is 13.3 Å². The molecule has 1 aliphatic carbocycles. The Morgan fingerprint density at radius 2 is 2.22 bits per heavy atom. The van der Waals surface area contributed by atoms with Gasteiger partial charge in [-0.3, -0.25) is 0 Å². The van der Waals surface area contributed by atoms with E-state index in [0.29, 0.717) is 5.92 Å². The summed E-state index contributed by atoms with van der Waals surface area (Å²) >= 11 is 0. The molecule has 2 unspecified atom stereocenters. The first kappa shape index (κ1) is 12.0. The van der Waals surface area contributed by atoms with Gasteiger partial charge < -0.3 is 10.5 Å². The molecule has 2 aliphatic rings. The summed E-state index contributed by atoms with van der Waals surface area (Å²) in [5.74, 6) is 1.23. The highest BCUT2D eigenvalue weighted by molar-refractivity contribution is 5.39. The molecule has 0 amide bonds. The summed E-state index contributed by atoms with van der Waals surface area (Å²) in [5, 5.41) is 0. The van der Waals surface area contributed by atoms with Crippen molar-refractivity contribution in [2.45, 2.75) is 50.7 Å². The van der Waals surface area contributed by atoms with E-state index in [-0.39, 0.29) is 17.5 Å². The molecule has 1 fully saturated rings. The normalized spacial score (nSPS) is 35.1. The molecule has 1 heterocycles. The summed E-state index contributed by atoms with van der Waals surface area (Å²) in [6, 6.07) is 4.59. The Kier molecular flexibility index (Phi) is 2.81. The Bertz CT molecular complexity index is 462. The van der Waals surface area contributed by atoms with Gasteiger partial charge in [0.2, 0.25) is 0 Å². The van der Waals surface area contributed by atoms with Crippen LogP contribution in [0.4, 0.5) is 4.39 Å². The molecule has 0 radical (unpaired) electrons. The SMILES string of the molecule is CC1CCCC2(C1)C[C@H](N)c1cc(F)ccc1O2. The van der Waals surface area contributed by atoms with Crippen LogP contribution in [-0.2, 0) is 0 Å². The zero-order valence-electron chi connectivity index (χ0n) is 10.8. The highest BCUT2D eigenvalue weighted by Crippen LogP contribution is 2.46. The van der Waals surface area contributed by atoms with Crippen molar-refractivity contribution >= 4 is 0 Å². The smallest absolute Gasteiger partial charge is 0.125 e. The van der Waals surface area contributed by atoms with E-state index in [4.69, 9.17) is 10.5 Å². The van der Waals surface area contributed by atoms with Gasteiger partial charge in [0.15, 0.2) is 0 Å². The number of benzene rings is 1. The Labute approximate surface area is 107 Å². The van der Waals surface area contributed by atoms with E-state index in [0.717, 1.165) is 30.6 Å². The second-order valence-corrected chi connectivity index (χ2v) is 5.98. The van der Waals surface area contributed by atoms with E-state index in [1.165, 1.54) is 25.0 Å². The summed E-state index contributed by atoms with van der Waals surface area (Å²) in [5.41, 5.74) is 6.93. The average molecular weight is 249 g/mol. The topological polar surface area (TPSA) is 35.2 Å². The lowest BCUT2D eigenvalue weighted by molar-refractivity contribution is -0.0141. The summed E-state index contributed by atoms with van der Waals surface area (Å²) < 4.78 is 19.5. The third-order valence-electron chi connectivity index (χ3n) is 4.34. The Morgan fingerprint density at radius 1 is 1.39 bits per heavy atom. The van der Waals surface area contributed by atoms with Crippen LogP contribution < -0.4 is 10.5 Å². The molecule has 1 aliphatic heterocycles. The van der Waals surface area contributed by atoms with Gasteiger partial charge in [0, 0.05) is 18.0 Å². The molecular weight excluding hydrogens is 229 g/mol. The Hall–Kier alpha value is -1.09. The maximum absolute atomic E-state index is 13.3. The third kappa shape index (κ3) is 2.01. The van der Waals surface area contributed by atoms with Crippen molar-refractivity contribution in [3.05, 3.63) is 29.6 Å². The third-order valence-corrected chi connectivity index (χ3v) is 4.34. The molecule has 3 rings (SSSR count). The van der Waals surface area contributed by atoms with Gasteiger partial charge in [-0.15, -0.1) is 0 Å². The number of fused-ring (bicyclic) bond motifs is 1. The van der Waals surface area contributed by atoms with Crippen LogP contribution in [0.1, 0.15) is 50.6 Å². The molecule has 3 atom stereocenters. The first-order chi connectivity index (χ1) is 8.58. The lowest BCUT2D eigenvalue weighted by Gasteiger charge is -2.45.